The van der Waals surface area contributed by atoms with Crippen molar-refractivity contribution in [3.05, 3.63) is 29.3 Å². The number of hydrogen-bond donors (Lipinski definition) is 1. The third kappa shape index (κ3) is 3.57. The molecule has 1 heterocycles. The Bertz CT molecular complexity index is 442. The Balaban J connectivity index is 2.03. The Morgan fingerprint density at radius 1 is 1.42 bits per heavy atom. The first-order valence-corrected chi connectivity index (χ1v) is 7.20. The Morgan fingerprint density at radius 3 is 3.05 bits per heavy atom. The summed E-state index contributed by atoms with van der Waals surface area (Å²) in [6, 6.07) is 5.91. The highest BCUT2D eigenvalue weighted by Crippen LogP contribution is 2.30. The van der Waals surface area contributed by atoms with E-state index in [0.29, 0.717) is 18.9 Å². The van der Waals surface area contributed by atoms with Crippen LogP contribution in [0.2, 0.25) is 0 Å². The van der Waals surface area contributed by atoms with Gasteiger partial charge in [-0.3, -0.25) is 4.79 Å². The van der Waals surface area contributed by atoms with Gasteiger partial charge in [0, 0.05) is 6.42 Å². The second-order valence-electron chi connectivity index (χ2n) is 5.39. The maximum atomic E-state index is 12.3. The summed E-state index contributed by atoms with van der Waals surface area (Å²) in [5.74, 6) is 1.53. The summed E-state index contributed by atoms with van der Waals surface area (Å²) in [4.78, 5) is 12.3. The molecule has 1 atom stereocenters. The average Bonchev–Trinajstić information content (AvgIpc) is 2.44. The molecule has 3 nitrogen and oxygen atoms in total. The van der Waals surface area contributed by atoms with Crippen LogP contribution in [0.15, 0.2) is 18.2 Å². The first kappa shape index (κ1) is 14.1. The molecule has 0 saturated carbocycles. The van der Waals surface area contributed by atoms with Crippen LogP contribution < -0.4 is 10.5 Å². The number of carbonyl (C=O) groups excluding carboxylic acids is 1. The van der Waals surface area contributed by atoms with Crippen molar-refractivity contribution in [3.63, 3.8) is 0 Å². The van der Waals surface area contributed by atoms with Crippen molar-refractivity contribution in [3.8, 4) is 5.75 Å². The van der Waals surface area contributed by atoms with E-state index in [4.69, 9.17) is 10.5 Å². The number of carbonyl (C=O) groups is 1. The highest BCUT2D eigenvalue weighted by atomic mass is 16.5. The van der Waals surface area contributed by atoms with Crippen LogP contribution in [-0.4, -0.2) is 18.9 Å². The van der Waals surface area contributed by atoms with Gasteiger partial charge in [-0.2, -0.15) is 0 Å². The average molecular weight is 261 g/mol. The molecule has 1 aromatic carbocycles. The summed E-state index contributed by atoms with van der Waals surface area (Å²) in [6.07, 6.45) is 4.52. The van der Waals surface area contributed by atoms with Gasteiger partial charge in [0.25, 0.3) is 0 Å². The molecule has 1 aliphatic rings. The summed E-state index contributed by atoms with van der Waals surface area (Å²) in [5, 5.41) is 0. The number of ketones is 1. The van der Waals surface area contributed by atoms with Crippen LogP contribution in [0.5, 0.6) is 5.75 Å². The van der Waals surface area contributed by atoms with Gasteiger partial charge in [0.05, 0.1) is 12.2 Å². The van der Waals surface area contributed by atoms with Crippen LogP contribution in [0, 0.1) is 5.92 Å². The molecule has 104 valence electrons. The van der Waals surface area contributed by atoms with Crippen molar-refractivity contribution in [2.75, 3.05) is 13.2 Å². The molecule has 0 aliphatic carbocycles. The normalized spacial score (nSPS) is 15.5. The molecular weight excluding hydrogens is 238 g/mol. The van der Waals surface area contributed by atoms with E-state index < -0.39 is 0 Å². The van der Waals surface area contributed by atoms with E-state index in [2.05, 4.69) is 13.0 Å². The summed E-state index contributed by atoms with van der Waals surface area (Å²) in [6.45, 7) is 3.57. The van der Waals surface area contributed by atoms with E-state index in [0.717, 1.165) is 43.6 Å². The van der Waals surface area contributed by atoms with Gasteiger partial charge < -0.3 is 10.5 Å². The second kappa shape index (κ2) is 6.71. The number of nitrogens with two attached hydrogens (primary N) is 1. The molecule has 0 spiro atoms. The number of aryl methyl sites for hydroxylation is 1. The lowest BCUT2D eigenvalue weighted by molar-refractivity contribution is 0.0969. The molecule has 0 amide bonds. The standard InChI is InChI=1S/C16H23NO2/c1-12(9-10-17)7-8-15(18)14-6-2-4-13-5-3-11-19-16(13)14/h2,4,6,12H,3,5,7-11,17H2,1H3. The zero-order valence-electron chi connectivity index (χ0n) is 11.7. The largest absolute Gasteiger partial charge is 0.493 e. The number of fused-ring (bicyclic) bond motifs is 1. The lowest BCUT2D eigenvalue weighted by atomic mass is 9.95. The van der Waals surface area contributed by atoms with Gasteiger partial charge in [0.1, 0.15) is 5.75 Å². The quantitative estimate of drug-likeness (QED) is 0.801. The van der Waals surface area contributed by atoms with Crippen LogP contribution in [0.25, 0.3) is 0 Å². The SMILES string of the molecule is CC(CCN)CCC(=O)c1cccc2c1OCCC2. The van der Waals surface area contributed by atoms with Gasteiger partial charge in [0.15, 0.2) is 5.78 Å². The predicted molar refractivity (Wildman–Crippen MR) is 76.7 cm³/mol. The first-order valence-electron chi connectivity index (χ1n) is 7.20. The number of ether oxygens (including phenoxy) is 1. The maximum Gasteiger partial charge on any atom is 0.166 e. The van der Waals surface area contributed by atoms with E-state index >= 15 is 0 Å². The first-order chi connectivity index (χ1) is 9.22. The molecule has 0 saturated heterocycles. The third-order valence-corrected chi connectivity index (χ3v) is 3.76. The Kier molecular flexibility index (Phi) is 4.97. The minimum atomic E-state index is 0.197. The Morgan fingerprint density at radius 2 is 2.26 bits per heavy atom. The van der Waals surface area contributed by atoms with E-state index in [1.165, 1.54) is 5.56 Å². The number of benzene rings is 1. The number of hydrogen-bond acceptors (Lipinski definition) is 3. The molecule has 0 bridgehead atoms. The molecule has 1 aromatic rings. The molecule has 0 aromatic heterocycles. The molecule has 3 heteroatoms. The van der Waals surface area contributed by atoms with E-state index in [-0.39, 0.29) is 5.78 Å². The second-order valence-corrected chi connectivity index (χ2v) is 5.39. The van der Waals surface area contributed by atoms with Crippen molar-refractivity contribution < 1.29 is 9.53 Å². The fraction of sp³-hybridized carbons (Fsp3) is 0.562. The lowest BCUT2D eigenvalue weighted by Gasteiger charge is -2.20. The van der Waals surface area contributed by atoms with Gasteiger partial charge in [-0.1, -0.05) is 19.1 Å². The maximum absolute atomic E-state index is 12.3. The van der Waals surface area contributed by atoms with E-state index in [1.807, 2.05) is 12.1 Å². The van der Waals surface area contributed by atoms with Gasteiger partial charge in [0.2, 0.25) is 0 Å². The van der Waals surface area contributed by atoms with E-state index in [1.54, 1.807) is 0 Å². The van der Waals surface area contributed by atoms with Crippen molar-refractivity contribution in [1.82, 2.24) is 0 Å². The zero-order valence-corrected chi connectivity index (χ0v) is 11.7. The Hall–Kier alpha value is -1.35. The minimum absolute atomic E-state index is 0.197. The van der Waals surface area contributed by atoms with Crippen molar-refractivity contribution in [1.29, 1.82) is 0 Å². The molecule has 1 aliphatic heterocycles. The summed E-state index contributed by atoms with van der Waals surface area (Å²) in [7, 11) is 0. The van der Waals surface area contributed by atoms with Crippen LogP contribution in [0.4, 0.5) is 0 Å². The number of Topliss-reactive ketones (excluding diaryl/α,β-unsaturated/α-hetero) is 1. The van der Waals surface area contributed by atoms with Crippen LogP contribution in [0.3, 0.4) is 0 Å². The summed E-state index contributed by atoms with van der Waals surface area (Å²) >= 11 is 0. The molecule has 1 unspecified atom stereocenters. The molecule has 0 radical (unpaired) electrons. The Labute approximate surface area is 115 Å². The smallest absolute Gasteiger partial charge is 0.166 e. The molecule has 2 N–H and O–H groups in total. The lowest BCUT2D eigenvalue weighted by Crippen LogP contribution is -2.13. The van der Waals surface area contributed by atoms with Crippen molar-refractivity contribution in [2.45, 2.75) is 39.0 Å². The van der Waals surface area contributed by atoms with Crippen LogP contribution in [-0.2, 0) is 6.42 Å². The molecule has 0 fully saturated rings. The van der Waals surface area contributed by atoms with Gasteiger partial charge >= 0.3 is 0 Å². The van der Waals surface area contributed by atoms with Crippen LogP contribution >= 0.6 is 0 Å². The highest BCUT2D eigenvalue weighted by Gasteiger charge is 2.19. The van der Waals surface area contributed by atoms with Crippen LogP contribution in [0.1, 0.15) is 48.5 Å². The highest BCUT2D eigenvalue weighted by molar-refractivity contribution is 5.99. The molecule has 2 rings (SSSR count). The fourth-order valence-corrected chi connectivity index (χ4v) is 2.55. The summed E-state index contributed by atoms with van der Waals surface area (Å²) in [5.41, 5.74) is 7.47. The zero-order chi connectivity index (χ0) is 13.7. The number of para-hydroxylation sites is 1. The fourth-order valence-electron chi connectivity index (χ4n) is 2.55. The van der Waals surface area contributed by atoms with Gasteiger partial charge in [-0.05, 0) is 49.8 Å². The third-order valence-electron chi connectivity index (χ3n) is 3.76. The topological polar surface area (TPSA) is 52.3 Å². The number of rotatable bonds is 6. The minimum Gasteiger partial charge on any atom is -0.493 e. The summed E-state index contributed by atoms with van der Waals surface area (Å²) < 4.78 is 5.69. The molecule has 19 heavy (non-hydrogen) atoms. The van der Waals surface area contributed by atoms with Gasteiger partial charge in [-0.25, -0.2) is 0 Å². The molecular formula is C16H23NO2. The van der Waals surface area contributed by atoms with Crippen molar-refractivity contribution >= 4 is 5.78 Å². The van der Waals surface area contributed by atoms with E-state index in [9.17, 15) is 4.79 Å². The monoisotopic (exact) mass is 261 g/mol. The van der Waals surface area contributed by atoms with Crippen molar-refractivity contribution in [2.24, 2.45) is 11.7 Å². The van der Waals surface area contributed by atoms with Gasteiger partial charge in [-0.15, -0.1) is 0 Å². The predicted octanol–water partition coefficient (Wildman–Crippen LogP) is 2.96.